The zero-order chi connectivity index (χ0) is 16.0. The van der Waals surface area contributed by atoms with Crippen molar-refractivity contribution in [2.75, 3.05) is 25.4 Å². The van der Waals surface area contributed by atoms with Crippen LogP contribution in [0.1, 0.15) is 24.5 Å². The van der Waals surface area contributed by atoms with Crippen molar-refractivity contribution >= 4 is 21.9 Å². The topological polar surface area (TPSA) is 75.7 Å². The lowest BCUT2D eigenvalue weighted by molar-refractivity contribution is -0.140. The fraction of sp³-hybridized carbons (Fsp3) is 0.500. The summed E-state index contributed by atoms with van der Waals surface area (Å²) in [6.07, 6.45) is 0.744. The molecular formula is C14H22N2O4S. The molecule has 0 spiro atoms. The number of carbonyl (C=O) groups is 1. The van der Waals surface area contributed by atoms with Gasteiger partial charge in [-0.3, -0.25) is 9.52 Å². The summed E-state index contributed by atoms with van der Waals surface area (Å²) in [4.78, 5) is 11.1. The number of ether oxygens (including phenoxy) is 1. The van der Waals surface area contributed by atoms with Crippen LogP contribution in [0.25, 0.3) is 0 Å². The average Bonchev–Trinajstić information content (AvgIpc) is 2.46. The van der Waals surface area contributed by atoms with Gasteiger partial charge in [0.05, 0.1) is 19.2 Å². The zero-order valence-electron chi connectivity index (χ0n) is 12.8. The van der Waals surface area contributed by atoms with Crippen molar-refractivity contribution in [3.05, 3.63) is 29.3 Å². The molecule has 0 fully saturated rings. The molecule has 1 aromatic rings. The van der Waals surface area contributed by atoms with E-state index in [0.29, 0.717) is 5.69 Å². The maximum absolute atomic E-state index is 12.3. The molecule has 0 aliphatic rings. The molecule has 0 atom stereocenters. The Morgan fingerprint density at radius 1 is 1.38 bits per heavy atom. The third kappa shape index (κ3) is 4.71. The van der Waals surface area contributed by atoms with Crippen LogP contribution in [0.4, 0.5) is 5.69 Å². The van der Waals surface area contributed by atoms with Gasteiger partial charge in [0, 0.05) is 13.6 Å². The summed E-state index contributed by atoms with van der Waals surface area (Å²) < 4.78 is 32.8. The number of anilines is 1. The van der Waals surface area contributed by atoms with Crippen LogP contribution in [-0.4, -0.2) is 39.4 Å². The highest BCUT2D eigenvalue weighted by Crippen LogP contribution is 2.22. The van der Waals surface area contributed by atoms with Crippen LogP contribution in [0.3, 0.4) is 0 Å². The van der Waals surface area contributed by atoms with Gasteiger partial charge in [-0.2, -0.15) is 12.7 Å². The number of nitrogens with zero attached hydrogens (tertiary/aromatic N) is 1. The molecule has 0 saturated carbocycles. The quantitative estimate of drug-likeness (QED) is 0.777. The summed E-state index contributed by atoms with van der Waals surface area (Å²) in [5.74, 6) is -0.442. The molecule has 0 radical (unpaired) electrons. The fourth-order valence-electron chi connectivity index (χ4n) is 1.85. The number of nitrogens with one attached hydrogen (secondary N) is 1. The van der Waals surface area contributed by atoms with E-state index < -0.39 is 16.2 Å². The summed E-state index contributed by atoms with van der Waals surface area (Å²) in [7, 11) is -0.997. The van der Waals surface area contributed by atoms with E-state index in [9.17, 15) is 13.2 Å². The van der Waals surface area contributed by atoms with Crippen LogP contribution >= 0.6 is 0 Å². The van der Waals surface area contributed by atoms with Gasteiger partial charge >= 0.3 is 16.2 Å². The van der Waals surface area contributed by atoms with Crippen LogP contribution in [-0.2, 0) is 26.2 Å². The van der Waals surface area contributed by atoms with E-state index in [-0.39, 0.29) is 13.0 Å². The number of benzene rings is 1. The normalized spacial score (nSPS) is 11.5. The molecule has 0 bridgehead atoms. The molecule has 118 valence electrons. The van der Waals surface area contributed by atoms with Gasteiger partial charge in [-0.25, -0.2) is 0 Å². The lowest BCUT2D eigenvalue weighted by atomic mass is 10.1. The van der Waals surface area contributed by atoms with E-state index >= 15 is 0 Å². The minimum Gasteiger partial charge on any atom is -0.469 e. The summed E-state index contributed by atoms with van der Waals surface area (Å²) >= 11 is 0. The second-order valence-electron chi connectivity index (χ2n) is 4.72. The molecule has 1 rings (SSSR count). The van der Waals surface area contributed by atoms with Crippen molar-refractivity contribution in [3.63, 3.8) is 0 Å². The summed E-state index contributed by atoms with van der Waals surface area (Å²) in [5.41, 5.74) is 2.39. The SMILES string of the molecule is CCc1cccc(C)c1NS(=O)(=O)N(C)CCC(=O)OC. The molecule has 7 heteroatoms. The zero-order valence-corrected chi connectivity index (χ0v) is 13.7. The van der Waals surface area contributed by atoms with Gasteiger partial charge in [-0.15, -0.1) is 0 Å². The first-order chi connectivity index (χ1) is 9.81. The van der Waals surface area contributed by atoms with E-state index in [4.69, 9.17) is 0 Å². The number of hydrogen-bond donors (Lipinski definition) is 1. The van der Waals surface area contributed by atoms with Gasteiger partial charge in [0.25, 0.3) is 0 Å². The van der Waals surface area contributed by atoms with E-state index in [1.807, 2.05) is 32.0 Å². The Kier molecular flexibility index (Phi) is 6.17. The molecule has 1 aromatic carbocycles. The standard InChI is InChI=1S/C14H22N2O4S/c1-5-12-8-6-7-11(2)14(12)15-21(18,19)16(3)10-9-13(17)20-4/h6-8,15H,5,9-10H2,1-4H3. The van der Waals surface area contributed by atoms with Gasteiger partial charge in [-0.1, -0.05) is 25.1 Å². The molecule has 0 unspecified atom stereocenters. The molecule has 0 saturated heterocycles. The molecule has 0 amide bonds. The minimum absolute atomic E-state index is 0.0162. The number of hydrogen-bond acceptors (Lipinski definition) is 4. The third-order valence-corrected chi connectivity index (χ3v) is 4.71. The summed E-state index contributed by atoms with van der Waals surface area (Å²) in [5, 5.41) is 0. The molecule has 0 aromatic heterocycles. The van der Waals surface area contributed by atoms with Crippen LogP contribution in [0.5, 0.6) is 0 Å². The van der Waals surface area contributed by atoms with Gasteiger partial charge in [0.1, 0.15) is 0 Å². The van der Waals surface area contributed by atoms with Crippen molar-refractivity contribution in [2.24, 2.45) is 0 Å². The first-order valence-electron chi connectivity index (χ1n) is 6.71. The Labute approximate surface area is 126 Å². The second kappa shape index (κ2) is 7.42. The molecule has 0 aliphatic heterocycles. The smallest absolute Gasteiger partial charge is 0.306 e. The Bertz CT molecular complexity index is 599. The lowest BCUT2D eigenvalue weighted by Crippen LogP contribution is -2.34. The van der Waals surface area contributed by atoms with Gasteiger partial charge < -0.3 is 4.74 Å². The molecule has 0 heterocycles. The minimum atomic E-state index is -3.70. The first-order valence-corrected chi connectivity index (χ1v) is 8.15. The first kappa shape index (κ1) is 17.5. The van der Waals surface area contributed by atoms with Crippen molar-refractivity contribution in [2.45, 2.75) is 26.7 Å². The molecule has 0 aliphatic carbocycles. The molecule has 21 heavy (non-hydrogen) atoms. The summed E-state index contributed by atoms with van der Waals surface area (Å²) in [6.45, 7) is 3.88. The summed E-state index contributed by atoms with van der Waals surface area (Å²) in [6, 6.07) is 5.64. The predicted octanol–water partition coefficient (Wildman–Crippen LogP) is 1.71. The third-order valence-electron chi connectivity index (χ3n) is 3.24. The fourth-order valence-corrected chi connectivity index (χ4v) is 2.88. The van der Waals surface area contributed by atoms with Crippen LogP contribution < -0.4 is 4.72 Å². The number of aryl methyl sites for hydroxylation is 2. The van der Waals surface area contributed by atoms with Crippen molar-refractivity contribution < 1.29 is 17.9 Å². The maximum Gasteiger partial charge on any atom is 0.306 e. The molecular weight excluding hydrogens is 292 g/mol. The van der Waals surface area contributed by atoms with Gasteiger partial charge in [0.15, 0.2) is 0 Å². The maximum atomic E-state index is 12.3. The van der Waals surface area contributed by atoms with E-state index in [1.54, 1.807) is 0 Å². The Hall–Kier alpha value is -1.60. The van der Waals surface area contributed by atoms with Gasteiger partial charge in [0.2, 0.25) is 0 Å². The van der Waals surface area contributed by atoms with E-state index in [1.165, 1.54) is 14.2 Å². The molecule has 6 nitrogen and oxygen atoms in total. The Balaban J connectivity index is 2.88. The highest BCUT2D eigenvalue weighted by Gasteiger charge is 2.20. The van der Waals surface area contributed by atoms with E-state index in [2.05, 4.69) is 9.46 Å². The highest BCUT2D eigenvalue weighted by atomic mass is 32.2. The van der Waals surface area contributed by atoms with Crippen molar-refractivity contribution in [1.29, 1.82) is 0 Å². The number of methoxy groups -OCH3 is 1. The van der Waals surface area contributed by atoms with Crippen molar-refractivity contribution in [3.8, 4) is 0 Å². The lowest BCUT2D eigenvalue weighted by Gasteiger charge is -2.20. The predicted molar refractivity (Wildman–Crippen MR) is 82.4 cm³/mol. The monoisotopic (exact) mass is 314 g/mol. The van der Waals surface area contributed by atoms with E-state index in [0.717, 1.165) is 21.9 Å². The van der Waals surface area contributed by atoms with Crippen LogP contribution in [0.15, 0.2) is 18.2 Å². The molecule has 1 N–H and O–H groups in total. The highest BCUT2D eigenvalue weighted by molar-refractivity contribution is 7.90. The van der Waals surface area contributed by atoms with Crippen molar-refractivity contribution in [1.82, 2.24) is 4.31 Å². The largest absolute Gasteiger partial charge is 0.469 e. The Morgan fingerprint density at radius 3 is 2.62 bits per heavy atom. The number of rotatable bonds is 7. The van der Waals surface area contributed by atoms with Crippen LogP contribution in [0, 0.1) is 6.92 Å². The second-order valence-corrected chi connectivity index (χ2v) is 6.49. The number of carbonyl (C=O) groups excluding carboxylic acids is 1. The number of para-hydroxylation sites is 1. The van der Waals surface area contributed by atoms with Gasteiger partial charge in [-0.05, 0) is 24.5 Å². The average molecular weight is 314 g/mol. The number of esters is 1. The van der Waals surface area contributed by atoms with Crippen LogP contribution in [0.2, 0.25) is 0 Å². The Morgan fingerprint density at radius 2 is 2.05 bits per heavy atom.